The number of carbonyl (C=O) groups is 1. The van der Waals surface area contributed by atoms with Crippen LogP contribution in [0.1, 0.15) is 23.6 Å². The summed E-state index contributed by atoms with van der Waals surface area (Å²) in [7, 11) is 0. The third-order valence-electron chi connectivity index (χ3n) is 5.66. The van der Waals surface area contributed by atoms with Crippen molar-refractivity contribution < 1.29 is 19.4 Å². The van der Waals surface area contributed by atoms with Crippen molar-refractivity contribution in [2.45, 2.75) is 32.5 Å². The van der Waals surface area contributed by atoms with Gasteiger partial charge in [-0.05, 0) is 48.4 Å². The molecule has 0 fully saturated rings. The number of halogens is 2. The molecule has 0 saturated heterocycles. The molecule has 0 saturated carbocycles. The van der Waals surface area contributed by atoms with Gasteiger partial charge in [0, 0.05) is 45.7 Å². The molecule has 35 heavy (non-hydrogen) atoms. The number of aliphatic carboxylic acids is 1. The normalized spacial score (nSPS) is 12.0. The van der Waals surface area contributed by atoms with E-state index in [1.807, 2.05) is 61.7 Å². The van der Waals surface area contributed by atoms with Gasteiger partial charge in [-0.25, -0.2) is 0 Å². The van der Waals surface area contributed by atoms with Crippen LogP contribution in [0.3, 0.4) is 0 Å². The van der Waals surface area contributed by atoms with Gasteiger partial charge in [0.2, 0.25) is 0 Å². The van der Waals surface area contributed by atoms with E-state index >= 15 is 0 Å². The molecule has 8 heteroatoms. The summed E-state index contributed by atoms with van der Waals surface area (Å²) < 4.78 is 11.7. The van der Waals surface area contributed by atoms with E-state index in [2.05, 4.69) is 10.3 Å². The van der Waals surface area contributed by atoms with Crippen molar-refractivity contribution in [1.82, 2.24) is 10.3 Å². The molecular formula is C27H26Cl2N2O4. The summed E-state index contributed by atoms with van der Waals surface area (Å²) in [5.41, 5.74) is 3.64. The van der Waals surface area contributed by atoms with Crippen LogP contribution in [0.2, 0.25) is 10.0 Å². The molecule has 0 unspecified atom stereocenters. The van der Waals surface area contributed by atoms with Crippen LogP contribution >= 0.6 is 23.2 Å². The predicted molar refractivity (Wildman–Crippen MR) is 139 cm³/mol. The fourth-order valence-corrected chi connectivity index (χ4v) is 4.32. The number of hydrogen-bond acceptors (Lipinski definition) is 4. The molecule has 1 aromatic heterocycles. The Hall–Kier alpha value is -3.19. The van der Waals surface area contributed by atoms with E-state index in [4.69, 9.17) is 32.7 Å². The molecule has 0 spiro atoms. The molecular weight excluding hydrogens is 487 g/mol. The molecule has 4 aromatic rings. The highest BCUT2D eigenvalue weighted by Gasteiger charge is 2.19. The van der Waals surface area contributed by atoms with Gasteiger partial charge in [-0.1, -0.05) is 53.5 Å². The highest BCUT2D eigenvalue weighted by molar-refractivity contribution is 6.35. The molecule has 0 radical (unpaired) electrons. The third kappa shape index (κ3) is 6.28. The summed E-state index contributed by atoms with van der Waals surface area (Å²) in [5, 5.41) is 15.1. The lowest BCUT2D eigenvalue weighted by atomic mass is 10.0. The van der Waals surface area contributed by atoms with Crippen LogP contribution in [-0.4, -0.2) is 28.7 Å². The van der Waals surface area contributed by atoms with E-state index in [0.717, 1.165) is 27.6 Å². The Bertz CT molecular complexity index is 1320. The number of para-hydroxylation sites is 1. The van der Waals surface area contributed by atoms with E-state index in [-0.39, 0.29) is 6.61 Å². The van der Waals surface area contributed by atoms with Gasteiger partial charge in [0.25, 0.3) is 0 Å². The van der Waals surface area contributed by atoms with Crippen LogP contribution in [0.25, 0.3) is 10.9 Å². The van der Waals surface area contributed by atoms with Gasteiger partial charge >= 0.3 is 5.97 Å². The van der Waals surface area contributed by atoms with Crippen molar-refractivity contribution in [3.05, 3.63) is 93.6 Å². The highest BCUT2D eigenvalue weighted by atomic mass is 35.5. The lowest BCUT2D eigenvalue weighted by molar-refractivity contribution is -0.139. The Morgan fingerprint density at radius 2 is 1.86 bits per heavy atom. The number of carboxylic acids is 1. The first-order valence-corrected chi connectivity index (χ1v) is 12.0. The van der Waals surface area contributed by atoms with Crippen molar-refractivity contribution in [3.8, 4) is 11.5 Å². The summed E-state index contributed by atoms with van der Waals surface area (Å²) in [6.45, 7) is 2.99. The number of aromatic amines is 1. The average Bonchev–Trinajstić information content (AvgIpc) is 3.25. The lowest BCUT2D eigenvalue weighted by Crippen LogP contribution is -2.38. The second-order valence-corrected chi connectivity index (χ2v) is 8.92. The van der Waals surface area contributed by atoms with E-state index in [1.165, 1.54) is 0 Å². The molecule has 4 rings (SSSR count). The summed E-state index contributed by atoms with van der Waals surface area (Å²) in [4.78, 5) is 15.1. The first kappa shape index (κ1) is 24.9. The van der Waals surface area contributed by atoms with Gasteiger partial charge in [-0.2, -0.15) is 0 Å². The SMILES string of the molecule is CCOc1cc(CN[C@@H](Cc2c[nH]c3ccccc23)C(=O)O)ccc1OCc1ccc(Cl)cc1Cl. The minimum Gasteiger partial charge on any atom is -0.490 e. The first-order chi connectivity index (χ1) is 16.9. The van der Waals surface area contributed by atoms with Crippen LogP contribution in [0.5, 0.6) is 11.5 Å². The Kier molecular flexibility index (Phi) is 8.18. The highest BCUT2D eigenvalue weighted by Crippen LogP contribution is 2.31. The van der Waals surface area contributed by atoms with Gasteiger partial charge in [0.05, 0.1) is 6.61 Å². The number of ether oxygens (including phenoxy) is 2. The van der Waals surface area contributed by atoms with Crippen LogP contribution < -0.4 is 14.8 Å². The molecule has 6 nitrogen and oxygen atoms in total. The summed E-state index contributed by atoms with van der Waals surface area (Å²) in [6, 6.07) is 17.9. The van der Waals surface area contributed by atoms with Crippen LogP contribution in [0.15, 0.2) is 66.9 Å². The van der Waals surface area contributed by atoms with Gasteiger partial charge < -0.3 is 24.9 Å². The van der Waals surface area contributed by atoms with Crippen LogP contribution in [0.4, 0.5) is 0 Å². The third-order valence-corrected chi connectivity index (χ3v) is 6.24. The Balaban J connectivity index is 1.43. The summed E-state index contributed by atoms with van der Waals surface area (Å²) in [5.74, 6) is 0.260. The zero-order chi connectivity index (χ0) is 24.8. The number of carboxylic acid groups (broad SMARTS) is 1. The zero-order valence-electron chi connectivity index (χ0n) is 19.2. The Labute approximate surface area is 213 Å². The summed E-state index contributed by atoms with van der Waals surface area (Å²) >= 11 is 12.2. The number of H-pyrrole nitrogens is 1. The molecule has 0 aliphatic carbocycles. The minimum absolute atomic E-state index is 0.263. The number of aromatic nitrogens is 1. The van der Waals surface area contributed by atoms with Gasteiger partial charge in [-0.3, -0.25) is 4.79 Å². The largest absolute Gasteiger partial charge is 0.490 e. The molecule has 182 valence electrons. The quantitative estimate of drug-likeness (QED) is 0.221. The molecule has 0 amide bonds. The molecule has 0 aliphatic heterocycles. The van der Waals surface area contributed by atoms with E-state index < -0.39 is 12.0 Å². The smallest absolute Gasteiger partial charge is 0.321 e. The maximum absolute atomic E-state index is 11.9. The van der Waals surface area contributed by atoms with Crippen molar-refractivity contribution in [2.24, 2.45) is 0 Å². The standard InChI is InChI=1S/C27H26Cl2N2O4/c1-2-34-26-11-17(7-10-25(26)35-16-18-8-9-20(28)13-22(18)29)14-30-24(27(32)33)12-19-15-31-23-6-4-3-5-21(19)23/h3-11,13,15,24,30-31H,2,12,14,16H2,1H3,(H,32,33)/t24-/m0/s1. The monoisotopic (exact) mass is 512 g/mol. The maximum Gasteiger partial charge on any atom is 0.321 e. The molecule has 1 heterocycles. The fourth-order valence-electron chi connectivity index (χ4n) is 3.85. The van der Waals surface area contributed by atoms with Crippen molar-refractivity contribution in [2.75, 3.05) is 6.61 Å². The van der Waals surface area contributed by atoms with Crippen molar-refractivity contribution >= 4 is 40.1 Å². The van der Waals surface area contributed by atoms with E-state index in [0.29, 0.717) is 41.1 Å². The Morgan fingerprint density at radius 1 is 1.03 bits per heavy atom. The van der Waals surface area contributed by atoms with Gasteiger partial charge in [0.1, 0.15) is 12.6 Å². The van der Waals surface area contributed by atoms with E-state index in [9.17, 15) is 9.90 Å². The lowest BCUT2D eigenvalue weighted by Gasteiger charge is -2.17. The number of nitrogens with one attached hydrogen (secondary N) is 2. The first-order valence-electron chi connectivity index (χ1n) is 11.3. The number of rotatable bonds is 11. The molecule has 0 bridgehead atoms. The number of benzene rings is 3. The zero-order valence-corrected chi connectivity index (χ0v) is 20.7. The van der Waals surface area contributed by atoms with Gasteiger partial charge in [-0.15, -0.1) is 0 Å². The topological polar surface area (TPSA) is 83.6 Å². The maximum atomic E-state index is 11.9. The molecule has 3 aromatic carbocycles. The van der Waals surface area contributed by atoms with Gasteiger partial charge in [0.15, 0.2) is 11.5 Å². The van der Waals surface area contributed by atoms with Crippen molar-refractivity contribution in [1.29, 1.82) is 0 Å². The minimum atomic E-state index is -0.903. The number of hydrogen-bond donors (Lipinski definition) is 3. The average molecular weight is 513 g/mol. The molecule has 0 aliphatic rings. The fraction of sp³-hybridized carbons (Fsp3) is 0.222. The predicted octanol–water partition coefficient (Wildman–Crippen LogP) is 6.24. The number of fused-ring (bicyclic) bond motifs is 1. The second kappa shape index (κ2) is 11.5. The Morgan fingerprint density at radius 3 is 2.63 bits per heavy atom. The van der Waals surface area contributed by atoms with Crippen LogP contribution in [0, 0.1) is 0 Å². The molecule has 3 N–H and O–H groups in total. The second-order valence-electron chi connectivity index (χ2n) is 8.07. The van der Waals surface area contributed by atoms with Crippen molar-refractivity contribution in [3.63, 3.8) is 0 Å². The van der Waals surface area contributed by atoms with Crippen LogP contribution in [-0.2, 0) is 24.4 Å². The summed E-state index contributed by atoms with van der Waals surface area (Å²) in [6.07, 6.45) is 2.23. The molecule has 1 atom stereocenters. The van der Waals surface area contributed by atoms with E-state index in [1.54, 1.807) is 12.1 Å².